The molecule has 0 aliphatic rings. The molecule has 1 aromatic carbocycles. The van der Waals surface area contributed by atoms with Crippen molar-refractivity contribution in [3.05, 3.63) is 33.9 Å². The summed E-state index contributed by atoms with van der Waals surface area (Å²) >= 11 is 0. The molecule has 0 unspecified atom stereocenters. The molecule has 8 heteroatoms. The van der Waals surface area contributed by atoms with Gasteiger partial charge >= 0.3 is 11.9 Å². The van der Waals surface area contributed by atoms with Gasteiger partial charge < -0.3 is 15.2 Å². The van der Waals surface area contributed by atoms with E-state index in [0.717, 1.165) is 6.07 Å². The van der Waals surface area contributed by atoms with Crippen LogP contribution >= 0.6 is 0 Å². The van der Waals surface area contributed by atoms with Gasteiger partial charge in [-0.05, 0) is 25.0 Å². The van der Waals surface area contributed by atoms with Gasteiger partial charge in [-0.2, -0.15) is 0 Å². The third-order valence-corrected chi connectivity index (χ3v) is 2.94. The van der Waals surface area contributed by atoms with Crippen molar-refractivity contribution < 1.29 is 24.4 Å². The third-order valence-electron chi connectivity index (χ3n) is 2.94. The molecule has 0 radical (unpaired) electrons. The van der Waals surface area contributed by atoms with Gasteiger partial charge in [0.25, 0.3) is 5.69 Å². The number of carbonyl (C=O) groups is 2. The number of hydrogen-bond acceptors (Lipinski definition) is 6. The van der Waals surface area contributed by atoms with Crippen LogP contribution in [0.1, 0.15) is 31.1 Å². The van der Waals surface area contributed by atoms with Gasteiger partial charge in [-0.25, -0.2) is 9.59 Å². The SMILES string of the molecule is CCOC(=O)c1cc(N[C@H](C(=O)O)C(C)C)ccc1[N+](=O)[O-]. The third kappa shape index (κ3) is 4.18. The number of benzene rings is 1. The minimum absolute atomic E-state index is 0.0807. The molecule has 0 fully saturated rings. The van der Waals surface area contributed by atoms with E-state index < -0.39 is 22.9 Å². The molecule has 1 aromatic rings. The minimum atomic E-state index is -1.05. The largest absolute Gasteiger partial charge is 0.480 e. The maximum atomic E-state index is 11.8. The maximum Gasteiger partial charge on any atom is 0.345 e. The van der Waals surface area contributed by atoms with Crippen molar-refractivity contribution in [2.75, 3.05) is 11.9 Å². The Kier molecular flexibility index (Phi) is 5.85. The number of hydrogen-bond donors (Lipinski definition) is 2. The van der Waals surface area contributed by atoms with Crippen LogP contribution in [0, 0.1) is 16.0 Å². The molecule has 2 N–H and O–H groups in total. The van der Waals surface area contributed by atoms with Crippen LogP contribution in [0.5, 0.6) is 0 Å². The number of carbonyl (C=O) groups excluding carboxylic acids is 1. The van der Waals surface area contributed by atoms with Gasteiger partial charge in [0.1, 0.15) is 11.6 Å². The number of rotatable bonds is 7. The summed E-state index contributed by atoms with van der Waals surface area (Å²) in [6.07, 6.45) is 0. The van der Waals surface area contributed by atoms with Gasteiger partial charge in [-0.3, -0.25) is 10.1 Å². The Bertz CT molecular complexity index is 585. The number of esters is 1. The monoisotopic (exact) mass is 310 g/mol. The lowest BCUT2D eigenvalue weighted by atomic mass is 10.0. The van der Waals surface area contributed by atoms with Gasteiger partial charge in [0.05, 0.1) is 11.5 Å². The number of anilines is 1. The summed E-state index contributed by atoms with van der Waals surface area (Å²) in [6.45, 7) is 5.12. The fraction of sp³-hybridized carbons (Fsp3) is 0.429. The molecule has 0 heterocycles. The van der Waals surface area contributed by atoms with Crippen LogP contribution in [-0.2, 0) is 9.53 Å². The van der Waals surface area contributed by atoms with Gasteiger partial charge in [-0.1, -0.05) is 13.8 Å². The summed E-state index contributed by atoms with van der Waals surface area (Å²) in [6, 6.07) is 2.86. The van der Waals surface area contributed by atoms with E-state index in [4.69, 9.17) is 9.84 Å². The van der Waals surface area contributed by atoms with Crippen molar-refractivity contribution in [1.82, 2.24) is 0 Å². The highest BCUT2D eigenvalue weighted by Gasteiger charge is 2.25. The fourth-order valence-corrected chi connectivity index (χ4v) is 1.85. The Labute approximate surface area is 127 Å². The Hall–Kier alpha value is -2.64. The van der Waals surface area contributed by atoms with E-state index in [0.29, 0.717) is 5.69 Å². The van der Waals surface area contributed by atoms with Gasteiger partial charge in [0.15, 0.2) is 0 Å². The van der Waals surface area contributed by atoms with Crippen LogP contribution in [0.3, 0.4) is 0 Å². The summed E-state index contributed by atoms with van der Waals surface area (Å²) in [7, 11) is 0. The number of ether oxygens (including phenoxy) is 1. The van der Waals surface area contributed by atoms with E-state index in [2.05, 4.69) is 5.32 Å². The zero-order chi connectivity index (χ0) is 16.9. The highest BCUT2D eigenvalue weighted by molar-refractivity contribution is 5.95. The van der Waals surface area contributed by atoms with E-state index in [1.165, 1.54) is 12.1 Å². The lowest BCUT2D eigenvalue weighted by Crippen LogP contribution is -2.34. The number of nitro benzene ring substituents is 1. The maximum absolute atomic E-state index is 11.8. The van der Waals surface area contributed by atoms with Crippen molar-refractivity contribution in [3.8, 4) is 0 Å². The van der Waals surface area contributed by atoms with Crippen LogP contribution in [0.25, 0.3) is 0 Å². The second kappa shape index (κ2) is 7.39. The van der Waals surface area contributed by atoms with E-state index in [1.807, 2.05) is 0 Å². The second-order valence-electron chi connectivity index (χ2n) is 4.91. The zero-order valence-electron chi connectivity index (χ0n) is 12.5. The molecular weight excluding hydrogens is 292 g/mol. The van der Waals surface area contributed by atoms with Crippen molar-refractivity contribution in [3.63, 3.8) is 0 Å². The lowest BCUT2D eigenvalue weighted by molar-refractivity contribution is -0.385. The van der Waals surface area contributed by atoms with Crippen molar-refractivity contribution in [2.24, 2.45) is 5.92 Å². The fourth-order valence-electron chi connectivity index (χ4n) is 1.85. The van der Waals surface area contributed by atoms with Crippen LogP contribution in [0.2, 0.25) is 0 Å². The summed E-state index contributed by atoms with van der Waals surface area (Å²) < 4.78 is 4.79. The number of carboxylic acids is 1. The first-order chi connectivity index (χ1) is 10.3. The molecule has 0 bridgehead atoms. The second-order valence-corrected chi connectivity index (χ2v) is 4.91. The van der Waals surface area contributed by atoms with Crippen molar-refractivity contribution in [2.45, 2.75) is 26.8 Å². The summed E-state index contributed by atoms with van der Waals surface area (Å²) in [4.78, 5) is 33.3. The molecule has 0 saturated carbocycles. The Balaban J connectivity index is 3.18. The molecule has 0 saturated heterocycles. The number of carboxylic acid groups (broad SMARTS) is 1. The van der Waals surface area contributed by atoms with Crippen LogP contribution in [-0.4, -0.2) is 34.6 Å². The summed E-state index contributed by atoms with van der Waals surface area (Å²) in [5.41, 5.74) is -0.306. The molecule has 0 amide bonds. The molecule has 8 nitrogen and oxygen atoms in total. The first-order valence-electron chi connectivity index (χ1n) is 6.72. The molecule has 0 aliphatic heterocycles. The molecule has 0 aliphatic carbocycles. The highest BCUT2D eigenvalue weighted by Crippen LogP contribution is 2.24. The lowest BCUT2D eigenvalue weighted by Gasteiger charge is -2.19. The smallest absolute Gasteiger partial charge is 0.345 e. The standard InChI is InChI=1S/C14H18N2O6/c1-4-22-14(19)10-7-9(5-6-11(10)16(20)21)15-12(8(2)3)13(17)18/h5-8,12,15H,4H2,1-3H3,(H,17,18)/t12-/m0/s1. The quantitative estimate of drug-likeness (QED) is 0.450. The molecule has 1 atom stereocenters. The molecule has 0 aromatic heterocycles. The molecule has 0 spiro atoms. The van der Waals surface area contributed by atoms with E-state index >= 15 is 0 Å². The number of nitrogens with one attached hydrogen (secondary N) is 1. The van der Waals surface area contributed by atoms with Crippen LogP contribution in [0.15, 0.2) is 18.2 Å². The topological polar surface area (TPSA) is 119 Å². The first kappa shape index (κ1) is 17.4. The van der Waals surface area contributed by atoms with Gasteiger partial charge in [-0.15, -0.1) is 0 Å². The van der Waals surface area contributed by atoms with E-state index in [1.54, 1.807) is 20.8 Å². The predicted molar refractivity (Wildman–Crippen MR) is 78.9 cm³/mol. The Morgan fingerprint density at radius 2 is 2.05 bits per heavy atom. The van der Waals surface area contributed by atoms with E-state index in [9.17, 15) is 19.7 Å². The summed E-state index contributed by atoms with van der Waals surface area (Å²) in [5.74, 6) is -2.08. The number of nitrogens with zero attached hydrogens (tertiary/aromatic N) is 1. The average molecular weight is 310 g/mol. The first-order valence-corrected chi connectivity index (χ1v) is 6.72. The van der Waals surface area contributed by atoms with Crippen LogP contribution in [0.4, 0.5) is 11.4 Å². The normalized spacial score (nSPS) is 11.8. The summed E-state index contributed by atoms with van der Waals surface area (Å²) in [5, 5.41) is 22.9. The number of nitro groups is 1. The molecular formula is C14H18N2O6. The van der Waals surface area contributed by atoms with E-state index in [-0.39, 0.29) is 23.8 Å². The minimum Gasteiger partial charge on any atom is -0.480 e. The van der Waals surface area contributed by atoms with Gasteiger partial charge in [0, 0.05) is 11.8 Å². The zero-order valence-corrected chi connectivity index (χ0v) is 12.5. The van der Waals surface area contributed by atoms with Crippen molar-refractivity contribution in [1.29, 1.82) is 0 Å². The van der Waals surface area contributed by atoms with Crippen LogP contribution < -0.4 is 5.32 Å². The highest BCUT2D eigenvalue weighted by atomic mass is 16.6. The average Bonchev–Trinajstić information content (AvgIpc) is 2.43. The Morgan fingerprint density at radius 1 is 1.41 bits per heavy atom. The van der Waals surface area contributed by atoms with Crippen molar-refractivity contribution >= 4 is 23.3 Å². The Morgan fingerprint density at radius 3 is 2.50 bits per heavy atom. The molecule has 22 heavy (non-hydrogen) atoms. The molecule has 120 valence electrons. The predicted octanol–water partition coefficient (Wildman–Crippen LogP) is 2.29. The molecule has 1 rings (SSSR count). The van der Waals surface area contributed by atoms with Gasteiger partial charge in [0.2, 0.25) is 0 Å². The number of aliphatic carboxylic acids is 1.